The van der Waals surface area contributed by atoms with E-state index in [1.807, 2.05) is 19.9 Å². The Kier molecular flexibility index (Phi) is 2.12. The smallest absolute Gasteiger partial charge is 0.234 e. The van der Waals surface area contributed by atoms with Crippen LogP contribution in [0.4, 0.5) is 5.69 Å². The van der Waals surface area contributed by atoms with Gasteiger partial charge in [-0.15, -0.1) is 0 Å². The summed E-state index contributed by atoms with van der Waals surface area (Å²) in [6.45, 7) is 3.74. The molecule has 1 aliphatic heterocycles. The lowest BCUT2D eigenvalue weighted by atomic mass is 9.86. The number of carbonyl (C=O) groups is 1. The minimum atomic E-state index is -0.545. The number of hydrogen-bond donors (Lipinski definition) is 1. The van der Waals surface area contributed by atoms with E-state index >= 15 is 0 Å². The molecule has 0 radical (unpaired) electrons. The molecule has 1 N–H and O–H groups in total. The van der Waals surface area contributed by atoms with Crippen LogP contribution in [0.1, 0.15) is 19.4 Å². The summed E-state index contributed by atoms with van der Waals surface area (Å²) < 4.78 is 0.871. The average molecular weight is 275 g/mol. The van der Waals surface area contributed by atoms with E-state index in [1.165, 1.54) is 0 Å². The van der Waals surface area contributed by atoms with Crippen molar-refractivity contribution in [3.8, 4) is 0 Å². The minimum absolute atomic E-state index is 0.0127. The zero-order valence-corrected chi connectivity index (χ0v) is 10.2. The molecule has 0 saturated heterocycles. The van der Waals surface area contributed by atoms with Crippen molar-refractivity contribution in [3.05, 3.63) is 27.2 Å². The number of benzene rings is 1. The standard InChI is InChI=1S/C10H9BrClNO/c1-10(2)7-6(12)4-3-5(11)8(7)13-9(10)14/h3-4H,1-2H3,(H,13,14). The fraction of sp³-hybridized carbons (Fsp3) is 0.300. The van der Waals surface area contributed by atoms with Gasteiger partial charge >= 0.3 is 0 Å². The van der Waals surface area contributed by atoms with Crippen molar-refractivity contribution >= 4 is 39.1 Å². The molecule has 1 aromatic rings. The van der Waals surface area contributed by atoms with Crippen molar-refractivity contribution in [2.75, 3.05) is 5.32 Å². The number of nitrogens with one attached hydrogen (secondary N) is 1. The van der Waals surface area contributed by atoms with E-state index in [9.17, 15) is 4.79 Å². The van der Waals surface area contributed by atoms with Crippen LogP contribution < -0.4 is 5.32 Å². The van der Waals surface area contributed by atoms with Gasteiger partial charge in [-0.1, -0.05) is 11.6 Å². The molecule has 74 valence electrons. The van der Waals surface area contributed by atoms with E-state index in [2.05, 4.69) is 21.2 Å². The maximum Gasteiger partial charge on any atom is 0.234 e. The number of anilines is 1. The second kappa shape index (κ2) is 2.97. The Morgan fingerprint density at radius 3 is 2.64 bits per heavy atom. The van der Waals surface area contributed by atoms with E-state index < -0.39 is 5.41 Å². The van der Waals surface area contributed by atoms with Crippen molar-refractivity contribution in [2.45, 2.75) is 19.3 Å². The van der Waals surface area contributed by atoms with Gasteiger partial charge in [0, 0.05) is 15.1 Å². The van der Waals surface area contributed by atoms with E-state index in [0.717, 1.165) is 15.7 Å². The number of halogens is 2. The first-order valence-electron chi connectivity index (χ1n) is 4.24. The minimum Gasteiger partial charge on any atom is -0.324 e. The lowest BCUT2D eigenvalue weighted by Gasteiger charge is -2.16. The fourth-order valence-corrected chi connectivity index (χ4v) is 2.49. The summed E-state index contributed by atoms with van der Waals surface area (Å²) in [5.41, 5.74) is 1.13. The topological polar surface area (TPSA) is 29.1 Å². The van der Waals surface area contributed by atoms with Crippen molar-refractivity contribution in [2.24, 2.45) is 0 Å². The zero-order valence-electron chi connectivity index (χ0n) is 7.82. The Balaban J connectivity index is 2.76. The molecule has 0 fully saturated rings. The van der Waals surface area contributed by atoms with Gasteiger partial charge in [-0.2, -0.15) is 0 Å². The van der Waals surface area contributed by atoms with Gasteiger partial charge in [-0.05, 0) is 41.9 Å². The molecule has 0 bridgehead atoms. The maximum absolute atomic E-state index is 11.7. The largest absolute Gasteiger partial charge is 0.324 e. The van der Waals surface area contributed by atoms with E-state index in [1.54, 1.807) is 6.07 Å². The zero-order chi connectivity index (χ0) is 10.5. The third-order valence-electron chi connectivity index (χ3n) is 2.53. The van der Waals surface area contributed by atoms with Crippen molar-refractivity contribution in [3.63, 3.8) is 0 Å². The predicted molar refractivity (Wildman–Crippen MR) is 60.8 cm³/mol. The monoisotopic (exact) mass is 273 g/mol. The van der Waals surface area contributed by atoms with Gasteiger partial charge in [0.2, 0.25) is 5.91 Å². The number of carbonyl (C=O) groups excluding carboxylic acids is 1. The molecule has 1 amide bonds. The van der Waals surface area contributed by atoms with Gasteiger partial charge in [0.05, 0.1) is 11.1 Å². The molecule has 0 atom stereocenters. The number of rotatable bonds is 0. The summed E-state index contributed by atoms with van der Waals surface area (Å²) in [5, 5.41) is 3.46. The maximum atomic E-state index is 11.7. The van der Waals surface area contributed by atoms with Gasteiger partial charge in [0.1, 0.15) is 0 Å². The third-order valence-corrected chi connectivity index (χ3v) is 3.51. The summed E-state index contributed by atoms with van der Waals surface area (Å²) in [6.07, 6.45) is 0. The highest BCUT2D eigenvalue weighted by Crippen LogP contribution is 2.45. The predicted octanol–water partition coefficient (Wildman–Crippen LogP) is 3.33. The molecule has 0 saturated carbocycles. The Morgan fingerprint density at radius 2 is 2.07 bits per heavy atom. The van der Waals surface area contributed by atoms with Crippen LogP contribution in [-0.4, -0.2) is 5.91 Å². The summed E-state index contributed by atoms with van der Waals surface area (Å²) in [6, 6.07) is 3.63. The van der Waals surface area contributed by atoms with Gasteiger partial charge in [-0.3, -0.25) is 4.79 Å². The molecular formula is C10H9BrClNO. The Hall–Kier alpha value is -0.540. The van der Waals surface area contributed by atoms with Gasteiger partial charge in [0.15, 0.2) is 0 Å². The van der Waals surface area contributed by atoms with Crippen LogP contribution in [0, 0.1) is 0 Å². The lowest BCUT2D eigenvalue weighted by molar-refractivity contribution is -0.119. The molecule has 4 heteroatoms. The molecule has 2 nitrogen and oxygen atoms in total. The molecule has 0 aliphatic carbocycles. The summed E-state index contributed by atoms with van der Waals surface area (Å²) in [4.78, 5) is 11.7. The van der Waals surface area contributed by atoms with Gasteiger partial charge in [0.25, 0.3) is 0 Å². The molecule has 0 spiro atoms. The van der Waals surface area contributed by atoms with E-state index in [0.29, 0.717) is 5.02 Å². The summed E-state index contributed by atoms with van der Waals surface area (Å²) in [5.74, 6) is -0.0127. The molecule has 2 rings (SSSR count). The lowest BCUT2D eigenvalue weighted by Crippen LogP contribution is -2.27. The fourth-order valence-electron chi connectivity index (χ4n) is 1.67. The van der Waals surface area contributed by atoms with Gasteiger partial charge in [-0.25, -0.2) is 0 Å². The first kappa shape index (κ1) is 9.99. The normalized spacial score (nSPS) is 17.9. The first-order chi connectivity index (χ1) is 6.44. The Morgan fingerprint density at radius 1 is 1.43 bits per heavy atom. The Labute approximate surface area is 95.8 Å². The Bertz CT molecular complexity index is 428. The molecule has 1 heterocycles. The van der Waals surface area contributed by atoms with Crippen LogP contribution >= 0.6 is 27.5 Å². The van der Waals surface area contributed by atoms with Gasteiger partial charge < -0.3 is 5.32 Å². The molecule has 0 aromatic heterocycles. The highest BCUT2D eigenvalue weighted by Gasteiger charge is 2.40. The van der Waals surface area contributed by atoms with E-state index in [-0.39, 0.29) is 5.91 Å². The number of fused-ring (bicyclic) bond motifs is 1. The van der Waals surface area contributed by atoms with Crippen molar-refractivity contribution < 1.29 is 4.79 Å². The summed E-state index contributed by atoms with van der Waals surface area (Å²) in [7, 11) is 0. The first-order valence-corrected chi connectivity index (χ1v) is 5.41. The highest BCUT2D eigenvalue weighted by molar-refractivity contribution is 9.10. The molecule has 0 unspecified atom stereocenters. The number of hydrogen-bond acceptors (Lipinski definition) is 1. The van der Waals surface area contributed by atoms with E-state index in [4.69, 9.17) is 11.6 Å². The number of amides is 1. The molecular weight excluding hydrogens is 265 g/mol. The van der Waals surface area contributed by atoms with Crippen LogP contribution in [0.3, 0.4) is 0 Å². The SMILES string of the molecule is CC1(C)C(=O)Nc2c(Br)ccc(Cl)c21. The third kappa shape index (κ3) is 1.19. The molecule has 1 aliphatic rings. The van der Waals surface area contributed by atoms with Crippen LogP contribution in [0.15, 0.2) is 16.6 Å². The van der Waals surface area contributed by atoms with Crippen molar-refractivity contribution in [1.82, 2.24) is 0 Å². The average Bonchev–Trinajstić information content (AvgIpc) is 2.33. The van der Waals surface area contributed by atoms with Crippen LogP contribution in [-0.2, 0) is 10.2 Å². The molecule has 1 aromatic carbocycles. The molecule has 14 heavy (non-hydrogen) atoms. The highest BCUT2D eigenvalue weighted by atomic mass is 79.9. The van der Waals surface area contributed by atoms with Crippen LogP contribution in [0.25, 0.3) is 0 Å². The second-order valence-electron chi connectivity index (χ2n) is 3.86. The van der Waals surface area contributed by atoms with Crippen molar-refractivity contribution in [1.29, 1.82) is 0 Å². The van der Waals surface area contributed by atoms with Crippen LogP contribution in [0.2, 0.25) is 5.02 Å². The van der Waals surface area contributed by atoms with Crippen LogP contribution in [0.5, 0.6) is 0 Å². The summed E-state index contributed by atoms with van der Waals surface area (Å²) >= 11 is 9.47. The second-order valence-corrected chi connectivity index (χ2v) is 5.12. The quantitative estimate of drug-likeness (QED) is 0.772.